The lowest BCUT2D eigenvalue weighted by Gasteiger charge is -2.34. The highest BCUT2D eigenvalue weighted by Gasteiger charge is 2.38. The molecule has 0 aliphatic carbocycles. The molecule has 0 saturated carbocycles. The summed E-state index contributed by atoms with van der Waals surface area (Å²) >= 11 is 0. The lowest BCUT2D eigenvalue weighted by Crippen LogP contribution is -2.46. The fourth-order valence-electron chi connectivity index (χ4n) is 4.73. The van der Waals surface area contributed by atoms with E-state index in [1.807, 2.05) is 41.3 Å². The predicted octanol–water partition coefficient (Wildman–Crippen LogP) is 3.87. The van der Waals surface area contributed by atoms with Gasteiger partial charge in [0.2, 0.25) is 11.8 Å². The van der Waals surface area contributed by atoms with Gasteiger partial charge >= 0.3 is 0 Å². The molecule has 5 nitrogen and oxygen atoms in total. The zero-order valence-corrected chi connectivity index (χ0v) is 18.1. The Morgan fingerprint density at radius 2 is 1.65 bits per heavy atom. The Hall–Kier alpha value is -2.66. The molecule has 31 heavy (non-hydrogen) atoms. The van der Waals surface area contributed by atoms with Gasteiger partial charge in [-0.25, -0.2) is 0 Å². The standard InChI is InChI=1S/C26H32N2O3/c29-24-11-15-26(27-24,19-21-7-3-1-4-8-21)16-12-25(30)28-17-13-23(14-18-28)31-20-22-9-5-2-6-10-22/h1-10,23H,11-20H2,(H,27,29). The second-order valence-electron chi connectivity index (χ2n) is 8.87. The summed E-state index contributed by atoms with van der Waals surface area (Å²) in [5.74, 6) is 0.287. The van der Waals surface area contributed by atoms with Crippen molar-refractivity contribution in [3.63, 3.8) is 0 Å². The van der Waals surface area contributed by atoms with E-state index in [-0.39, 0.29) is 23.5 Å². The van der Waals surface area contributed by atoms with E-state index < -0.39 is 0 Å². The molecule has 2 aromatic rings. The van der Waals surface area contributed by atoms with Gasteiger partial charge in [-0.15, -0.1) is 0 Å². The van der Waals surface area contributed by atoms with Crippen LogP contribution in [0.3, 0.4) is 0 Å². The van der Waals surface area contributed by atoms with Gasteiger partial charge in [0.25, 0.3) is 0 Å². The fraction of sp³-hybridized carbons (Fsp3) is 0.462. The first-order valence-corrected chi connectivity index (χ1v) is 11.4. The highest BCUT2D eigenvalue weighted by atomic mass is 16.5. The molecular formula is C26H32N2O3. The minimum absolute atomic E-state index is 0.0970. The first kappa shape index (κ1) is 21.6. The minimum atomic E-state index is -0.300. The van der Waals surface area contributed by atoms with Crippen LogP contribution >= 0.6 is 0 Å². The molecule has 0 bridgehead atoms. The van der Waals surface area contributed by atoms with Crippen LogP contribution in [0.5, 0.6) is 0 Å². The number of nitrogens with one attached hydrogen (secondary N) is 1. The Bertz CT molecular complexity index is 863. The van der Waals surface area contributed by atoms with E-state index in [0.717, 1.165) is 38.8 Å². The number of nitrogens with zero attached hydrogens (tertiary/aromatic N) is 1. The van der Waals surface area contributed by atoms with Crippen molar-refractivity contribution in [2.75, 3.05) is 13.1 Å². The Balaban J connectivity index is 1.25. The van der Waals surface area contributed by atoms with Crippen molar-refractivity contribution in [3.8, 4) is 0 Å². The number of amides is 2. The van der Waals surface area contributed by atoms with Gasteiger partial charge in [0, 0.05) is 31.5 Å². The van der Waals surface area contributed by atoms with Crippen LogP contribution in [0.15, 0.2) is 60.7 Å². The topological polar surface area (TPSA) is 58.6 Å². The van der Waals surface area contributed by atoms with Crippen molar-refractivity contribution in [1.82, 2.24) is 10.2 Å². The number of ether oxygens (including phenoxy) is 1. The monoisotopic (exact) mass is 420 g/mol. The quantitative estimate of drug-likeness (QED) is 0.705. The van der Waals surface area contributed by atoms with E-state index in [0.29, 0.717) is 25.9 Å². The number of likely N-dealkylation sites (tertiary alicyclic amines) is 1. The molecule has 2 heterocycles. The number of piperidine rings is 1. The van der Waals surface area contributed by atoms with Crippen LogP contribution in [0.1, 0.15) is 49.7 Å². The van der Waals surface area contributed by atoms with Gasteiger partial charge in [-0.05, 0) is 43.2 Å². The molecule has 2 aromatic carbocycles. The molecule has 0 radical (unpaired) electrons. The summed E-state index contributed by atoms with van der Waals surface area (Å²) in [6.07, 6.45) is 5.26. The lowest BCUT2D eigenvalue weighted by molar-refractivity contribution is -0.134. The van der Waals surface area contributed by atoms with Gasteiger partial charge in [0.05, 0.1) is 12.7 Å². The third-order valence-corrected chi connectivity index (χ3v) is 6.56. The first-order chi connectivity index (χ1) is 15.1. The van der Waals surface area contributed by atoms with E-state index in [9.17, 15) is 9.59 Å². The maximum Gasteiger partial charge on any atom is 0.222 e. The summed E-state index contributed by atoms with van der Waals surface area (Å²) in [5.41, 5.74) is 2.09. The van der Waals surface area contributed by atoms with E-state index in [4.69, 9.17) is 4.74 Å². The van der Waals surface area contributed by atoms with Gasteiger partial charge in [-0.3, -0.25) is 9.59 Å². The van der Waals surface area contributed by atoms with Crippen LogP contribution in [-0.4, -0.2) is 41.4 Å². The van der Waals surface area contributed by atoms with Crippen LogP contribution in [0, 0.1) is 0 Å². The second-order valence-corrected chi connectivity index (χ2v) is 8.87. The van der Waals surface area contributed by atoms with Crippen LogP contribution in [-0.2, 0) is 27.4 Å². The smallest absolute Gasteiger partial charge is 0.222 e. The fourth-order valence-corrected chi connectivity index (χ4v) is 4.73. The summed E-state index contributed by atoms with van der Waals surface area (Å²) in [4.78, 5) is 26.8. The highest BCUT2D eigenvalue weighted by molar-refractivity contribution is 5.80. The molecule has 0 spiro atoms. The minimum Gasteiger partial charge on any atom is -0.373 e. The zero-order chi connectivity index (χ0) is 21.5. The number of carbonyl (C=O) groups excluding carboxylic acids is 2. The average molecular weight is 421 g/mol. The van der Waals surface area contributed by atoms with Gasteiger partial charge in [0.1, 0.15) is 0 Å². The molecule has 1 N–H and O–H groups in total. The van der Waals surface area contributed by atoms with Crippen LogP contribution in [0.4, 0.5) is 0 Å². The molecule has 5 heteroatoms. The Labute approximate surface area is 184 Å². The van der Waals surface area contributed by atoms with Crippen molar-refractivity contribution in [3.05, 3.63) is 71.8 Å². The van der Waals surface area contributed by atoms with Crippen LogP contribution in [0.25, 0.3) is 0 Å². The van der Waals surface area contributed by atoms with Crippen molar-refractivity contribution < 1.29 is 14.3 Å². The number of hydrogen-bond acceptors (Lipinski definition) is 3. The van der Waals surface area contributed by atoms with E-state index in [2.05, 4.69) is 29.6 Å². The van der Waals surface area contributed by atoms with Gasteiger partial charge < -0.3 is 15.0 Å². The third kappa shape index (κ3) is 5.95. The normalized spacial score (nSPS) is 21.8. The third-order valence-electron chi connectivity index (χ3n) is 6.56. The van der Waals surface area contributed by atoms with Crippen molar-refractivity contribution in [1.29, 1.82) is 0 Å². The van der Waals surface area contributed by atoms with Gasteiger partial charge in [-0.1, -0.05) is 60.7 Å². The van der Waals surface area contributed by atoms with Crippen LogP contribution < -0.4 is 5.32 Å². The van der Waals surface area contributed by atoms with Crippen molar-refractivity contribution in [2.45, 2.75) is 63.2 Å². The summed E-state index contributed by atoms with van der Waals surface area (Å²) in [6, 6.07) is 20.4. The summed E-state index contributed by atoms with van der Waals surface area (Å²) < 4.78 is 6.05. The molecular weight excluding hydrogens is 388 g/mol. The lowest BCUT2D eigenvalue weighted by atomic mass is 9.85. The maximum absolute atomic E-state index is 12.9. The Morgan fingerprint density at radius 1 is 1.00 bits per heavy atom. The van der Waals surface area contributed by atoms with Gasteiger partial charge in [-0.2, -0.15) is 0 Å². The molecule has 1 atom stereocenters. The number of hydrogen-bond donors (Lipinski definition) is 1. The Kier molecular flexibility index (Phi) is 7.03. The molecule has 2 fully saturated rings. The molecule has 2 aliphatic heterocycles. The molecule has 4 rings (SSSR count). The summed E-state index contributed by atoms with van der Waals surface area (Å²) in [6.45, 7) is 2.12. The van der Waals surface area contributed by atoms with Crippen molar-refractivity contribution in [2.24, 2.45) is 0 Å². The number of carbonyl (C=O) groups is 2. The molecule has 0 aromatic heterocycles. The average Bonchev–Trinajstić information content (AvgIpc) is 3.18. The van der Waals surface area contributed by atoms with Crippen LogP contribution in [0.2, 0.25) is 0 Å². The molecule has 2 aliphatic rings. The number of benzene rings is 2. The number of rotatable bonds is 8. The maximum atomic E-state index is 12.9. The molecule has 164 valence electrons. The summed E-state index contributed by atoms with van der Waals surface area (Å²) in [5, 5.41) is 3.18. The van der Waals surface area contributed by atoms with E-state index in [1.54, 1.807) is 0 Å². The molecule has 1 unspecified atom stereocenters. The van der Waals surface area contributed by atoms with E-state index >= 15 is 0 Å². The largest absolute Gasteiger partial charge is 0.373 e. The summed E-state index contributed by atoms with van der Waals surface area (Å²) in [7, 11) is 0. The zero-order valence-electron chi connectivity index (χ0n) is 18.1. The Morgan fingerprint density at radius 3 is 2.26 bits per heavy atom. The second kappa shape index (κ2) is 10.1. The highest BCUT2D eigenvalue weighted by Crippen LogP contribution is 2.30. The van der Waals surface area contributed by atoms with Gasteiger partial charge in [0.15, 0.2) is 0 Å². The molecule has 2 amide bonds. The first-order valence-electron chi connectivity index (χ1n) is 11.4. The van der Waals surface area contributed by atoms with E-state index in [1.165, 1.54) is 11.1 Å². The predicted molar refractivity (Wildman–Crippen MR) is 120 cm³/mol. The molecule has 2 saturated heterocycles. The van der Waals surface area contributed by atoms with Crippen molar-refractivity contribution >= 4 is 11.8 Å². The SMILES string of the molecule is O=C1CCC(CCC(=O)N2CCC(OCc3ccccc3)CC2)(Cc2ccccc2)N1.